The number of halogens is 2. The fraction of sp³-hybridized carbons (Fsp3) is 0.182. The number of nitrogens with one attached hydrogen (secondary N) is 1. The standard InChI is InChI=1S/C11H9ClFN7S/c1-6-15-17-18-20(6)10-4-7(2-3-8(10)13)14-5-9-11(12)21-19-16-9/h2-4,14H,5H2,1H3. The van der Waals surface area contributed by atoms with Crippen LogP contribution in [0.15, 0.2) is 18.2 Å². The minimum absolute atomic E-state index is 0.269. The van der Waals surface area contributed by atoms with Crippen LogP contribution in [0.1, 0.15) is 11.5 Å². The predicted molar refractivity (Wildman–Crippen MR) is 76.1 cm³/mol. The van der Waals surface area contributed by atoms with E-state index in [1.54, 1.807) is 19.1 Å². The highest BCUT2D eigenvalue weighted by molar-refractivity contribution is 7.10. The molecule has 2 aromatic heterocycles. The molecule has 0 saturated carbocycles. The summed E-state index contributed by atoms with van der Waals surface area (Å²) in [6.07, 6.45) is 0. The lowest BCUT2D eigenvalue weighted by molar-refractivity contribution is 0.605. The van der Waals surface area contributed by atoms with Gasteiger partial charge in [-0.25, -0.2) is 4.39 Å². The van der Waals surface area contributed by atoms with Crippen LogP contribution in [0.5, 0.6) is 0 Å². The van der Waals surface area contributed by atoms with Crippen molar-refractivity contribution in [1.29, 1.82) is 0 Å². The van der Waals surface area contributed by atoms with Crippen molar-refractivity contribution in [2.45, 2.75) is 13.5 Å². The van der Waals surface area contributed by atoms with Crippen LogP contribution in [0, 0.1) is 12.7 Å². The SMILES string of the molecule is Cc1nnnn1-c1cc(NCc2nnsc2Cl)ccc1F. The van der Waals surface area contributed by atoms with Crippen molar-refractivity contribution < 1.29 is 4.39 Å². The van der Waals surface area contributed by atoms with Gasteiger partial charge in [-0.15, -0.1) is 10.2 Å². The molecule has 7 nitrogen and oxygen atoms in total. The molecule has 0 saturated heterocycles. The van der Waals surface area contributed by atoms with Crippen molar-refractivity contribution in [2.75, 3.05) is 5.32 Å². The first-order chi connectivity index (χ1) is 10.1. The summed E-state index contributed by atoms with van der Waals surface area (Å²) < 4.78 is 19.5. The summed E-state index contributed by atoms with van der Waals surface area (Å²) in [5.41, 5.74) is 1.61. The average Bonchev–Trinajstić information content (AvgIpc) is 3.07. The van der Waals surface area contributed by atoms with Crippen molar-refractivity contribution in [3.63, 3.8) is 0 Å². The number of hydrogen-bond acceptors (Lipinski definition) is 7. The first kappa shape index (κ1) is 13.8. The average molecular weight is 326 g/mol. The van der Waals surface area contributed by atoms with Crippen LogP contribution < -0.4 is 5.32 Å². The van der Waals surface area contributed by atoms with Gasteiger partial charge in [-0.2, -0.15) is 4.68 Å². The van der Waals surface area contributed by atoms with Gasteiger partial charge in [-0.05, 0) is 35.5 Å². The quantitative estimate of drug-likeness (QED) is 0.792. The Balaban J connectivity index is 1.84. The van der Waals surface area contributed by atoms with E-state index in [2.05, 4.69) is 30.4 Å². The topological polar surface area (TPSA) is 81.4 Å². The molecule has 0 amide bonds. The first-order valence-corrected chi connectivity index (χ1v) is 7.06. The van der Waals surface area contributed by atoms with Gasteiger partial charge in [0.1, 0.15) is 21.5 Å². The molecule has 0 fully saturated rings. The van der Waals surface area contributed by atoms with E-state index < -0.39 is 5.82 Å². The Bertz CT molecular complexity index is 772. The maximum atomic E-state index is 13.9. The zero-order chi connectivity index (χ0) is 14.8. The highest BCUT2D eigenvalue weighted by Crippen LogP contribution is 2.21. The summed E-state index contributed by atoms with van der Waals surface area (Å²) in [6.45, 7) is 2.09. The third kappa shape index (κ3) is 2.83. The molecule has 0 spiro atoms. The van der Waals surface area contributed by atoms with Crippen LogP contribution in [0.4, 0.5) is 10.1 Å². The van der Waals surface area contributed by atoms with E-state index in [0.717, 1.165) is 11.5 Å². The van der Waals surface area contributed by atoms with E-state index in [-0.39, 0.29) is 5.69 Å². The summed E-state index contributed by atoms with van der Waals surface area (Å²) in [7, 11) is 0. The van der Waals surface area contributed by atoms with E-state index in [0.29, 0.717) is 28.1 Å². The largest absolute Gasteiger partial charge is 0.379 e. The van der Waals surface area contributed by atoms with Crippen molar-refractivity contribution in [1.82, 2.24) is 29.8 Å². The van der Waals surface area contributed by atoms with Gasteiger partial charge in [0.2, 0.25) is 0 Å². The van der Waals surface area contributed by atoms with Gasteiger partial charge >= 0.3 is 0 Å². The summed E-state index contributed by atoms with van der Waals surface area (Å²) in [6, 6.07) is 4.58. The third-order valence-electron chi connectivity index (χ3n) is 2.77. The molecule has 0 aliphatic carbocycles. The van der Waals surface area contributed by atoms with Gasteiger partial charge < -0.3 is 5.32 Å². The van der Waals surface area contributed by atoms with Crippen molar-refractivity contribution in [2.24, 2.45) is 0 Å². The summed E-state index contributed by atoms with van der Waals surface area (Å²) >= 11 is 7.05. The van der Waals surface area contributed by atoms with Crippen LogP contribution in [0.25, 0.3) is 5.69 Å². The number of nitrogens with zero attached hydrogens (tertiary/aromatic N) is 6. The minimum Gasteiger partial charge on any atom is -0.379 e. The minimum atomic E-state index is -0.413. The molecule has 108 valence electrons. The number of rotatable bonds is 4. The van der Waals surface area contributed by atoms with Gasteiger partial charge in [0, 0.05) is 17.2 Å². The number of anilines is 1. The molecular formula is C11H9ClFN7S. The summed E-state index contributed by atoms with van der Waals surface area (Å²) in [5, 5.41) is 18.0. The van der Waals surface area contributed by atoms with E-state index in [1.165, 1.54) is 10.7 Å². The Morgan fingerprint density at radius 2 is 2.24 bits per heavy atom. The van der Waals surface area contributed by atoms with E-state index in [4.69, 9.17) is 11.6 Å². The predicted octanol–water partition coefficient (Wildman–Crippen LogP) is 2.23. The van der Waals surface area contributed by atoms with Gasteiger partial charge in [-0.1, -0.05) is 16.1 Å². The molecule has 2 heterocycles. The maximum Gasteiger partial charge on any atom is 0.153 e. The van der Waals surface area contributed by atoms with Gasteiger partial charge in [0.05, 0.1) is 6.54 Å². The second-order valence-electron chi connectivity index (χ2n) is 4.15. The van der Waals surface area contributed by atoms with E-state index in [9.17, 15) is 4.39 Å². The van der Waals surface area contributed by atoms with Crippen molar-refractivity contribution in [3.05, 3.63) is 39.9 Å². The fourth-order valence-electron chi connectivity index (χ4n) is 1.73. The highest BCUT2D eigenvalue weighted by atomic mass is 35.5. The summed E-state index contributed by atoms with van der Waals surface area (Å²) in [4.78, 5) is 0. The number of benzene rings is 1. The second kappa shape index (κ2) is 5.70. The number of aromatic nitrogens is 6. The molecular weight excluding hydrogens is 317 g/mol. The van der Waals surface area contributed by atoms with Crippen LogP contribution in [-0.4, -0.2) is 29.8 Å². The van der Waals surface area contributed by atoms with Crippen molar-refractivity contribution in [3.8, 4) is 5.69 Å². The zero-order valence-electron chi connectivity index (χ0n) is 10.8. The molecule has 0 aliphatic heterocycles. The maximum absolute atomic E-state index is 13.9. The number of tetrazole rings is 1. The monoisotopic (exact) mass is 325 g/mol. The van der Waals surface area contributed by atoms with Crippen LogP contribution >= 0.6 is 23.1 Å². The third-order valence-corrected chi connectivity index (χ3v) is 3.75. The molecule has 1 aromatic carbocycles. The van der Waals surface area contributed by atoms with Gasteiger partial charge in [0.15, 0.2) is 5.82 Å². The van der Waals surface area contributed by atoms with Crippen LogP contribution in [0.3, 0.4) is 0 Å². The van der Waals surface area contributed by atoms with Gasteiger partial charge in [-0.3, -0.25) is 0 Å². The molecule has 3 rings (SSSR count). The molecule has 0 radical (unpaired) electrons. The molecule has 10 heteroatoms. The highest BCUT2D eigenvalue weighted by Gasteiger charge is 2.11. The Morgan fingerprint density at radius 1 is 1.38 bits per heavy atom. The van der Waals surface area contributed by atoms with Crippen LogP contribution in [0.2, 0.25) is 4.34 Å². The smallest absolute Gasteiger partial charge is 0.153 e. The number of aryl methyl sites for hydroxylation is 1. The van der Waals surface area contributed by atoms with Gasteiger partial charge in [0.25, 0.3) is 0 Å². The Kier molecular flexibility index (Phi) is 3.76. The zero-order valence-corrected chi connectivity index (χ0v) is 12.4. The number of hydrogen-bond donors (Lipinski definition) is 1. The van der Waals surface area contributed by atoms with Crippen LogP contribution in [-0.2, 0) is 6.54 Å². The second-order valence-corrected chi connectivity index (χ2v) is 5.51. The summed E-state index contributed by atoms with van der Waals surface area (Å²) in [5.74, 6) is 0.0853. The lowest BCUT2D eigenvalue weighted by Crippen LogP contribution is -2.05. The van der Waals surface area contributed by atoms with E-state index >= 15 is 0 Å². The lowest BCUT2D eigenvalue weighted by atomic mass is 10.2. The molecule has 0 bridgehead atoms. The molecule has 1 N–H and O–H groups in total. The molecule has 21 heavy (non-hydrogen) atoms. The first-order valence-electron chi connectivity index (χ1n) is 5.90. The lowest BCUT2D eigenvalue weighted by Gasteiger charge is -2.08. The Morgan fingerprint density at radius 3 is 2.90 bits per heavy atom. The molecule has 0 aliphatic rings. The molecule has 0 atom stereocenters. The molecule has 3 aromatic rings. The normalized spacial score (nSPS) is 10.8. The Hall–Kier alpha value is -2.13. The van der Waals surface area contributed by atoms with E-state index in [1.807, 2.05) is 0 Å². The van der Waals surface area contributed by atoms with Crippen molar-refractivity contribution >= 4 is 28.8 Å². The fourth-order valence-corrected chi connectivity index (χ4v) is 2.35. The Labute approximate surface area is 127 Å². The molecule has 0 unspecified atom stereocenters.